The quantitative estimate of drug-likeness (QED) is 0.283. The minimum absolute atomic E-state index is 0.257. The largest absolute Gasteiger partial charge is 0.493 e. The number of hydrogen-bond donors (Lipinski definition) is 0. The molecule has 0 saturated carbocycles. The molecule has 0 saturated heterocycles. The van der Waals surface area contributed by atoms with E-state index in [9.17, 15) is 4.39 Å². The van der Waals surface area contributed by atoms with Gasteiger partial charge in [0.15, 0.2) is 22.5 Å². The van der Waals surface area contributed by atoms with E-state index in [2.05, 4.69) is 10.2 Å². The number of methoxy groups -OCH3 is 3. The van der Waals surface area contributed by atoms with Crippen molar-refractivity contribution < 1.29 is 18.6 Å². The molecule has 4 aromatic rings. The smallest absolute Gasteiger partial charge is 0.203 e. The molecule has 0 spiro atoms. The average molecular weight is 486 g/mol. The molecular weight excluding hydrogens is 465 g/mol. The van der Waals surface area contributed by atoms with Gasteiger partial charge in [-0.2, -0.15) is 0 Å². The Labute approximate surface area is 200 Å². The van der Waals surface area contributed by atoms with Gasteiger partial charge in [0.05, 0.1) is 21.3 Å². The first-order valence-electron chi connectivity index (χ1n) is 9.93. The maximum absolute atomic E-state index is 14.2. The highest BCUT2D eigenvalue weighted by atomic mass is 35.5. The van der Waals surface area contributed by atoms with Gasteiger partial charge in [0.2, 0.25) is 5.75 Å². The molecule has 6 nitrogen and oxygen atoms in total. The van der Waals surface area contributed by atoms with Crippen LogP contribution in [0.2, 0.25) is 5.02 Å². The second-order valence-corrected chi connectivity index (χ2v) is 8.29. The second-order valence-electron chi connectivity index (χ2n) is 6.91. The van der Waals surface area contributed by atoms with Crippen LogP contribution in [0, 0.1) is 5.82 Å². The summed E-state index contributed by atoms with van der Waals surface area (Å²) in [4.78, 5) is 0. The summed E-state index contributed by atoms with van der Waals surface area (Å²) < 4.78 is 32.5. The first kappa shape index (κ1) is 22.9. The molecule has 0 atom stereocenters. The fourth-order valence-corrected chi connectivity index (χ4v) is 4.41. The minimum atomic E-state index is -0.257. The van der Waals surface area contributed by atoms with Gasteiger partial charge in [-0.05, 0) is 48.0 Å². The fraction of sp³-hybridized carbons (Fsp3) is 0.167. The first-order chi connectivity index (χ1) is 16.0. The lowest BCUT2D eigenvalue weighted by Gasteiger charge is -2.15. The topological polar surface area (TPSA) is 58.4 Å². The van der Waals surface area contributed by atoms with Crippen LogP contribution in [0.3, 0.4) is 0 Å². The SMILES string of the molecule is COc1cc(-c2nnc(SCc3ccccc3F)n2-c2ccc(Cl)cc2)cc(OC)c1OC. The van der Waals surface area contributed by atoms with E-state index in [1.807, 2.05) is 34.9 Å². The van der Waals surface area contributed by atoms with Crippen molar-refractivity contribution in [3.8, 4) is 34.3 Å². The summed E-state index contributed by atoms with van der Waals surface area (Å²) >= 11 is 7.49. The molecule has 0 radical (unpaired) electrons. The minimum Gasteiger partial charge on any atom is -0.493 e. The van der Waals surface area contributed by atoms with Gasteiger partial charge in [-0.1, -0.05) is 41.6 Å². The lowest BCUT2D eigenvalue weighted by Crippen LogP contribution is -2.01. The summed E-state index contributed by atoms with van der Waals surface area (Å²) in [5.41, 5.74) is 2.11. The summed E-state index contributed by atoms with van der Waals surface area (Å²) in [6.07, 6.45) is 0. The molecule has 1 heterocycles. The molecule has 9 heteroatoms. The maximum atomic E-state index is 14.2. The van der Waals surface area contributed by atoms with Crippen LogP contribution in [0.1, 0.15) is 5.56 Å². The number of aromatic nitrogens is 3. The Morgan fingerprint density at radius 3 is 2.18 bits per heavy atom. The van der Waals surface area contributed by atoms with Gasteiger partial charge in [-0.25, -0.2) is 4.39 Å². The number of halogens is 2. The summed E-state index contributed by atoms with van der Waals surface area (Å²) in [6, 6.07) is 17.6. The molecule has 33 heavy (non-hydrogen) atoms. The number of hydrogen-bond acceptors (Lipinski definition) is 6. The van der Waals surface area contributed by atoms with Gasteiger partial charge in [0.1, 0.15) is 5.82 Å². The van der Waals surface area contributed by atoms with Gasteiger partial charge >= 0.3 is 0 Å². The van der Waals surface area contributed by atoms with E-state index in [0.29, 0.717) is 50.1 Å². The first-order valence-corrected chi connectivity index (χ1v) is 11.3. The normalized spacial score (nSPS) is 10.8. The maximum Gasteiger partial charge on any atom is 0.203 e. The highest BCUT2D eigenvalue weighted by Gasteiger charge is 2.21. The average Bonchev–Trinajstić information content (AvgIpc) is 3.27. The molecule has 170 valence electrons. The Hall–Kier alpha value is -3.23. The molecule has 4 rings (SSSR count). The molecule has 0 amide bonds. The van der Waals surface area contributed by atoms with Gasteiger partial charge in [-0.15, -0.1) is 10.2 Å². The zero-order valence-corrected chi connectivity index (χ0v) is 19.8. The van der Waals surface area contributed by atoms with Crippen molar-refractivity contribution in [1.29, 1.82) is 0 Å². The number of rotatable bonds is 8. The summed E-state index contributed by atoms with van der Waals surface area (Å²) in [6.45, 7) is 0. The Morgan fingerprint density at radius 2 is 1.58 bits per heavy atom. The highest BCUT2D eigenvalue weighted by molar-refractivity contribution is 7.98. The zero-order chi connectivity index (χ0) is 23.4. The van der Waals surface area contributed by atoms with Crippen LogP contribution in [-0.4, -0.2) is 36.1 Å². The third-order valence-corrected chi connectivity index (χ3v) is 6.19. The molecule has 0 fully saturated rings. The predicted octanol–water partition coefficient (Wildman–Crippen LogP) is 6.04. The molecule has 3 aromatic carbocycles. The molecule has 1 aromatic heterocycles. The van der Waals surface area contributed by atoms with Gasteiger partial charge < -0.3 is 14.2 Å². The van der Waals surface area contributed by atoms with E-state index in [1.165, 1.54) is 17.8 Å². The number of thioether (sulfide) groups is 1. The van der Waals surface area contributed by atoms with Crippen LogP contribution in [0.25, 0.3) is 17.1 Å². The number of ether oxygens (including phenoxy) is 3. The monoisotopic (exact) mass is 485 g/mol. The third-order valence-electron chi connectivity index (χ3n) is 4.96. The van der Waals surface area contributed by atoms with Crippen molar-refractivity contribution in [1.82, 2.24) is 14.8 Å². The van der Waals surface area contributed by atoms with Crippen molar-refractivity contribution in [2.75, 3.05) is 21.3 Å². The summed E-state index contributed by atoms with van der Waals surface area (Å²) in [5.74, 6) is 2.18. The van der Waals surface area contributed by atoms with Crippen molar-refractivity contribution in [3.63, 3.8) is 0 Å². The Balaban J connectivity index is 1.82. The fourth-order valence-electron chi connectivity index (χ4n) is 3.34. The van der Waals surface area contributed by atoms with Crippen molar-refractivity contribution in [2.24, 2.45) is 0 Å². The van der Waals surface area contributed by atoms with Gasteiger partial charge in [0.25, 0.3) is 0 Å². The number of nitrogens with zero attached hydrogens (tertiary/aromatic N) is 3. The summed E-state index contributed by atoms with van der Waals surface area (Å²) in [7, 11) is 4.66. The number of benzene rings is 3. The third kappa shape index (κ3) is 4.77. The van der Waals surface area contributed by atoms with Gasteiger partial charge in [0, 0.05) is 22.0 Å². The lowest BCUT2D eigenvalue weighted by atomic mass is 10.1. The van der Waals surface area contributed by atoms with E-state index < -0.39 is 0 Å². The molecule has 0 unspecified atom stereocenters. The zero-order valence-electron chi connectivity index (χ0n) is 18.2. The molecular formula is C24H21ClFN3O3S. The standard InChI is InChI=1S/C24H21ClFN3O3S/c1-30-20-12-16(13-21(31-2)22(20)32-3)23-27-28-24(29(23)18-10-8-17(25)9-11-18)33-14-15-6-4-5-7-19(15)26/h4-13H,14H2,1-3H3. The Morgan fingerprint density at radius 1 is 0.909 bits per heavy atom. The molecule has 0 aliphatic heterocycles. The molecule has 0 aliphatic carbocycles. The van der Waals surface area contributed by atoms with Crippen molar-refractivity contribution in [2.45, 2.75) is 10.9 Å². The molecule has 0 N–H and O–H groups in total. The Kier molecular flexibility index (Phi) is 7.05. The predicted molar refractivity (Wildman–Crippen MR) is 127 cm³/mol. The van der Waals surface area contributed by atoms with Crippen LogP contribution in [0.15, 0.2) is 65.8 Å². The summed E-state index contributed by atoms with van der Waals surface area (Å²) in [5, 5.41) is 10.1. The Bertz CT molecular complexity index is 1240. The van der Waals surface area contributed by atoms with Crippen LogP contribution in [0.4, 0.5) is 4.39 Å². The molecule has 0 aliphatic rings. The van der Waals surface area contributed by atoms with Crippen LogP contribution < -0.4 is 14.2 Å². The van der Waals surface area contributed by atoms with Gasteiger partial charge in [-0.3, -0.25) is 4.57 Å². The van der Waals surface area contributed by atoms with E-state index in [-0.39, 0.29) is 5.82 Å². The van der Waals surface area contributed by atoms with E-state index in [1.54, 1.807) is 45.6 Å². The second kappa shape index (κ2) is 10.1. The van der Waals surface area contributed by atoms with Crippen molar-refractivity contribution >= 4 is 23.4 Å². The van der Waals surface area contributed by atoms with Crippen LogP contribution >= 0.6 is 23.4 Å². The van der Waals surface area contributed by atoms with E-state index in [0.717, 1.165) is 5.69 Å². The highest BCUT2D eigenvalue weighted by Crippen LogP contribution is 2.42. The van der Waals surface area contributed by atoms with E-state index >= 15 is 0 Å². The van der Waals surface area contributed by atoms with Crippen molar-refractivity contribution in [3.05, 3.63) is 77.1 Å². The molecule has 0 bridgehead atoms. The van der Waals surface area contributed by atoms with E-state index in [4.69, 9.17) is 25.8 Å². The lowest BCUT2D eigenvalue weighted by molar-refractivity contribution is 0.324. The van der Waals surface area contributed by atoms with Crippen LogP contribution in [-0.2, 0) is 5.75 Å². The van der Waals surface area contributed by atoms with Crippen LogP contribution in [0.5, 0.6) is 17.2 Å².